The molecule has 0 saturated heterocycles. The summed E-state index contributed by atoms with van der Waals surface area (Å²) in [6, 6.07) is 7.34. The molecule has 1 rings (SSSR count). The zero-order valence-corrected chi connectivity index (χ0v) is 11.5. The molecule has 96 valence electrons. The first-order valence-corrected chi connectivity index (χ1v) is 6.55. The molecular formula is C14H21ClO2. The highest BCUT2D eigenvalue weighted by molar-refractivity contribution is 6.30. The van der Waals surface area contributed by atoms with Crippen molar-refractivity contribution in [3.05, 3.63) is 34.9 Å². The standard InChI is InChI=1S/C14H21ClO2/c1-4-14(5-2,17-6-3)13(16)11-8-7-9-12(15)10-11/h7-10,13,16H,4-6H2,1-3H3. The zero-order chi connectivity index (χ0) is 12.9. The Morgan fingerprint density at radius 3 is 2.41 bits per heavy atom. The SMILES string of the molecule is CCOC(CC)(CC)C(O)c1cccc(Cl)c1. The molecule has 1 N–H and O–H groups in total. The van der Waals surface area contributed by atoms with Crippen molar-refractivity contribution in [3.63, 3.8) is 0 Å². The Morgan fingerprint density at radius 2 is 1.94 bits per heavy atom. The van der Waals surface area contributed by atoms with Crippen LogP contribution in [0.3, 0.4) is 0 Å². The van der Waals surface area contributed by atoms with Gasteiger partial charge in [-0.2, -0.15) is 0 Å². The van der Waals surface area contributed by atoms with Crippen LogP contribution in [0.1, 0.15) is 45.3 Å². The summed E-state index contributed by atoms with van der Waals surface area (Å²) in [5, 5.41) is 11.1. The van der Waals surface area contributed by atoms with Crippen LogP contribution >= 0.6 is 11.6 Å². The minimum atomic E-state index is -0.642. The van der Waals surface area contributed by atoms with Gasteiger partial charge >= 0.3 is 0 Å². The minimum Gasteiger partial charge on any atom is -0.385 e. The molecule has 0 bridgehead atoms. The zero-order valence-electron chi connectivity index (χ0n) is 10.7. The lowest BCUT2D eigenvalue weighted by Crippen LogP contribution is -2.38. The Balaban J connectivity index is 3.02. The number of hydrogen-bond donors (Lipinski definition) is 1. The van der Waals surface area contributed by atoms with Crippen molar-refractivity contribution in [2.24, 2.45) is 0 Å². The molecule has 17 heavy (non-hydrogen) atoms. The molecule has 1 atom stereocenters. The number of benzene rings is 1. The van der Waals surface area contributed by atoms with Gasteiger partial charge < -0.3 is 9.84 Å². The van der Waals surface area contributed by atoms with E-state index < -0.39 is 11.7 Å². The molecule has 0 aliphatic heterocycles. The van der Waals surface area contributed by atoms with Crippen LogP contribution in [-0.4, -0.2) is 17.3 Å². The Labute approximate surface area is 109 Å². The monoisotopic (exact) mass is 256 g/mol. The predicted octanol–water partition coefficient (Wildman–Crippen LogP) is 3.97. The van der Waals surface area contributed by atoms with Crippen LogP contribution in [0.4, 0.5) is 0 Å². The highest BCUT2D eigenvalue weighted by Crippen LogP contribution is 2.35. The molecule has 0 amide bonds. The number of rotatable bonds is 6. The molecular weight excluding hydrogens is 236 g/mol. The summed E-state index contributed by atoms with van der Waals surface area (Å²) in [4.78, 5) is 0. The number of aliphatic hydroxyl groups is 1. The normalized spacial score (nSPS) is 13.7. The van der Waals surface area contributed by atoms with Crippen LogP contribution in [-0.2, 0) is 4.74 Å². The summed E-state index contributed by atoms with van der Waals surface area (Å²) in [5.74, 6) is 0. The van der Waals surface area contributed by atoms with E-state index in [1.54, 1.807) is 12.1 Å². The third-order valence-electron chi connectivity index (χ3n) is 3.29. The second-order valence-corrected chi connectivity index (χ2v) is 4.60. The number of hydrogen-bond acceptors (Lipinski definition) is 2. The maximum absolute atomic E-state index is 10.5. The van der Waals surface area contributed by atoms with E-state index in [0.717, 1.165) is 18.4 Å². The van der Waals surface area contributed by atoms with Gasteiger partial charge in [0.25, 0.3) is 0 Å². The fourth-order valence-corrected chi connectivity index (χ4v) is 2.39. The molecule has 0 fully saturated rings. The van der Waals surface area contributed by atoms with Gasteiger partial charge in [-0.25, -0.2) is 0 Å². The average Bonchev–Trinajstić information content (AvgIpc) is 2.35. The molecule has 3 heteroatoms. The van der Waals surface area contributed by atoms with E-state index in [9.17, 15) is 5.11 Å². The molecule has 0 heterocycles. The van der Waals surface area contributed by atoms with Gasteiger partial charge in [0.05, 0.1) is 5.60 Å². The second kappa shape index (κ2) is 6.39. The summed E-state index contributed by atoms with van der Waals surface area (Å²) in [5.41, 5.74) is 0.300. The number of halogens is 1. The largest absolute Gasteiger partial charge is 0.385 e. The van der Waals surface area contributed by atoms with E-state index in [0.29, 0.717) is 11.6 Å². The summed E-state index contributed by atoms with van der Waals surface area (Å²) in [6.07, 6.45) is 0.895. The summed E-state index contributed by atoms with van der Waals surface area (Å²) < 4.78 is 5.79. The van der Waals surface area contributed by atoms with E-state index >= 15 is 0 Å². The Morgan fingerprint density at radius 1 is 1.29 bits per heavy atom. The van der Waals surface area contributed by atoms with Crippen LogP contribution in [0.25, 0.3) is 0 Å². The van der Waals surface area contributed by atoms with Crippen molar-refractivity contribution < 1.29 is 9.84 Å². The van der Waals surface area contributed by atoms with Crippen LogP contribution in [0.2, 0.25) is 5.02 Å². The van der Waals surface area contributed by atoms with E-state index in [1.165, 1.54) is 0 Å². The highest BCUT2D eigenvalue weighted by atomic mass is 35.5. The lowest BCUT2D eigenvalue weighted by Gasteiger charge is -2.36. The Kier molecular flexibility index (Phi) is 5.44. The van der Waals surface area contributed by atoms with Crippen molar-refractivity contribution in [1.29, 1.82) is 0 Å². The van der Waals surface area contributed by atoms with Crippen molar-refractivity contribution >= 4 is 11.6 Å². The smallest absolute Gasteiger partial charge is 0.108 e. The van der Waals surface area contributed by atoms with Crippen molar-refractivity contribution in [2.75, 3.05) is 6.61 Å². The van der Waals surface area contributed by atoms with E-state index in [1.807, 2.05) is 32.9 Å². The third-order valence-corrected chi connectivity index (χ3v) is 3.53. The number of aliphatic hydroxyl groups excluding tert-OH is 1. The summed E-state index contributed by atoms with van der Waals surface area (Å²) in [7, 11) is 0. The van der Waals surface area contributed by atoms with Gasteiger partial charge in [0.15, 0.2) is 0 Å². The molecule has 0 radical (unpaired) electrons. The Bertz CT molecular complexity index is 348. The van der Waals surface area contributed by atoms with Crippen LogP contribution in [0.15, 0.2) is 24.3 Å². The van der Waals surface area contributed by atoms with E-state index in [4.69, 9.17) is 16.3 Å². The van der Waals surface area contributed by atoms with Gasteiger partial charge in [-0.15, -0.1) is 0 Å². The first-order chi connectivity index (χ1) is 8.09. The average molecular weight is 257 g/mol. The summed E-state index contributed by atoms with van der Waals surface area (Å²) in [6.45, 7) is 6.62. The maximum atomic E-state index is 10.5. The van der Waals surface area contributed by atoms with Crippen LogP contribution in [0.5, 0.6) is 0 Å². The first kappa shape index (κ1) is 14.5. The molecule has 0 aliphatic carbocycles. The number of ether oxygens (including phenoxy) is 1. The molecule has 1 unspecified atom stereocenters. The molecule has 0 saturated carbocycles. The highest BCUT2D eigenvalue weighted by Gasteiger charge is 2.36. The molecule has 2 nitrogen and oxygen atoms in total. The molecule has 0 aromatic heterocycles. The third kappa shape index (κ3) is 3.21. The molecule has 1 aromatic rings. The Hall–Kier alpha value is -0.570. The lowest BCUT2D eigenvalue weighted by atomic mass is 9.86. The van der Waals surface area contributed by atoms with Gasteiger partial charge in [0.2, 0.25) is 0 Å². The molecule has 0 aliphatic rings. The van der Waals surface area contributed by atoms with Crippen molar-refractivity contribution in [1.82, 2.24) is 0 Å². The van der Waals surface area contributed by atoms with Gasteiger partial charge in [-0.1, -0.05) is 37.6 Å². The molecule has 0 spiro atoms. The minimum absolute atomic E-state index is 0.514. The van der Waals surface area contributed by atoms with Crippen LogP contribution in [0, 0.1) is 0 Å². The van der Waals surface area contributed by atoms with Gasteiger partial charge in [-0.05, 0) is 37.5 Å². The maximum Gasteiger partial charge on any atom is 0.108 e. The van der Waals surface area contributed by atoms with Gasteiger partial charge in [0, 0.05) is 11.6 Å². The van der Waals surface area contributed by atoms with Gasteiger partial charge in [-0.3, -0.25) is 0 Å². The lowest BCUT2D eigenvalue weighted by molar-refractivity contribution is -0.127. The quantitative estimate of drug-likeness (QED) is 0.835. The van der Waals surface area contributed by atoms with Crippen LogP contribution < -0.4 is 0 Å². The molecule has 1 aromatic carbocycles. The van der Waals surface area contributed by atoms with Gasteiger partial charge in [0.1, 0.15) is 6.10 Å². The first-order valence-electron chi connectivity index (χ1n) is 6.17. The van der Waals surface area contributed by atoms with Crippen molar-refractivity contribution in [2.45, 2.75) is 45.3 Å². The fraction of sp³-hybridized carbons (Fsp3) is 0.571. The van der Waals surface area contributed by atoms with E-state index in [2.05, 4.69) is 0 Å². The predicted molar refractivity (Wildman–Crippen MR) is 71.4 cm³/mol. The summed E-state index contributed by atoms with van der Waals surface area (Å²) >= 11 is 5.95. The second-order valence-electron chi connectivity index (χ2n) is 4.16. The topological polar surface area (TPSA) is 29.5 Å². The van der Waals surface area contributed by atoms with E-state index in [-0.39, 0.29) is 0 Å². The van der Waals surface area contributed by atoms with Crippen molar-refractivity contribution in [3.8, 4) is 0 Å². The fourth-order valence-electron chi connectivity index (χ4n) is 2.19.